The van der Waals surface area contributed by atoms with E-state index in [1.54, 1.807) is 6.92 Å². The molecule has 2 N–H and O–H groups in total. The van der Waals surface area contributed by atoms with E-state index in [2.05, 4.69) is 0 Å². The molecule has 0 atom stereocenters. The Morgan fingerprint density at radius 3 is 2.50 bits per heavy atom. The van der Waals surface area contributed by atoms with Crippen LogP contribution in [0.2, 0.25) is 0 Å². The highest BCUT2D eigenvalue weighted by Gasteiger charge is 2.19. The Labute approximate surface area is 125 Å². The van der Waals surface area contributed by atoms with Gasteiger partial charge in [-0.1, -0.05) is 0 Å². The molecule has 0 radical (unpaired) electrons. The van der Waals surface area contributed by atoms with Crippen LogP contribution in [0.15, 0.2) is 27.9 Å². The Morgan fingerprint density at radius 2 is 1.86 bits per heavy atom. The summed E-state index contributed by atoms with van der Waals surface area (Å²) in [6, 6.07) is 2.78. The van der Waals surface area contributed by atoms with Crippen molar-refractivity contribution in [2.45, 2.75) is 13.5 Å². The highest BCUT2D eigenvalue weighted by molar-refractivity contribution is 6.14. The van der Waals surface area contributed by atoms with E-state index in [0.29, 0.717) is 27.5 Å². The SMILES string of the molecule is COc1cc(=O)c2cn(CCO)c(O)c3c(=O)cc(C)c1c23. The van der Waals surface area contributed by atoms with Crippen LogP contribution in [-0.2, 0) is 6.54 Å². The summed E-state index contributed by atoms with van der Waals surface area (Å²) in [7, 11) is 1.45. The number of aryl methyl sites for hydroxylation is 1. The predicted molar refractivity (Wildman–Crippen MR) is 83.2 cm³/mol. The summed E-state index contributed by atoms with van der Waals surface area (Å²) in [6.45, 7) is 1.63. The van der Waals surface area contributed by atoms with Crippen molar-refractivity contribution in [1.29, 1.82) is 0 Å². The molecule has 1 heterocycles. The summed E-state index contributed by atoms with van der Waals surface area (Å²) in [6.07, 6.45) is 1.46. The molecule has 0 amide bonds. The Bertz CT molecular complexity index is 990. The molecular weight excluding hydrogens is 286 g/mol. The first-order valence-electron chi connectivity index (χ1n) is 6.80. The van der Waals surface area contributed by atoms with E-state index in [4.69, 9.17) is 9.84 Å². The van der Waals surface area contributed by atoms with Crippen LogP contribution in [0.25, 0.3) is 21.5 Å². The van der Waals surface area contributed by atoms with Gasteiger partial charge < -0.3 is 19.5 Å². The fraction of sp³-hybridized carbons (Fsp3) is 0.250. The fourth-order valence-electron chi connectivity index (χ4n) is 2.92. The standard InChI is InChI=1S/C16H15NO5/c1-8-5-11(20)15-14-9(7-17(3-4-18)16(15)21)10(19)6-12(22-2)13(8)14/h5-7,18,21H,3-4H2,1-2H3. The smallest absolute Gasteiger partial charge is 0.203 e. The van der Waals surface area contributed by atoms with Gasteiger partial charge in [-0.15, -0.1) is 0 Å². The van der Waals surface area contributed by atoms with Gasteiger partial charge in [-0.05, 0) is 18.6 Å². The number of aromatic hydroxyl groups is 1. The Kier molecular flexibility index (Phi) is 3.26. The molecular formula is C16H15NO5. The lowest BCUT2D eigenvalue weighted by molar-refractivity contribution is 0.267. The molecule has 0 fully saturated rings. The molecule has 0 saturated heterocycles. The number of hydrogen-bond donors (Lipinski definition) is 2. The van der Waals surface area contributed by atoms with Crippen LogP contribution in [0, 0.1) is 6.92 Å². The molecule has 0 unspecified atom stereocenters. The monoisotopic (exact) mass is 301 g/mol. The first-order valence-corrected chi connectivity index (χ1v) is 6.80. The second kappa shape index (κ2) is 4.99. The third-order valence-electron chi connectivity index (χ3n) is 3.87. The van der Waals surface area contributed by atoms with Gasteiger partial charge >= 0.3 is 0 Å². The van der Waals surface area contributed by atoms with Crippen molar-refractivity contribution >= 4 is 21.5 Å². The number of nitrogens with zero attached hydrogens (tertiary/aromatic N) is 1. The molecule has 6 heteroatoms. The van der Waals surface area contributed by atoms with Gasteiger partial charge in [-0.3, -0.25) is 9.59 Å². The highest BCUT2D eigenvalue weighted by atomic mass is 16.5. The quantitative estimate of drug-likeness (QED) is 0.752. The third-order valence-corrected chi connectivity index (χ3v) is 3.87. The average Bonchev–Trinajstić information content (AvgIpc) is 2.47. The molecule has 3 rings (SSSR count). The van der Waals surface area contributed by atoms with Gasteiger partial charge in [-0.2, -0.15) is 0 Å². The number of hydrogen-bond acceptors (Lipinski definition) is 5. The van der Waals surface area contributed by atoms with Crippen molar-refractivity contribution in [2.24, 2.45) is 0 Å². The van der Waals surface area contributed by atoms with Crippen molar-refractivity contribution in [3.8, 4) is 11.6 Å². The van der Waals surface area contributed by atoms with Gasteiger partial charge in [0.05, 0.1) is 19.1 Å². The number of aliphatic hydroxyl groups excluding tert-OH is 1. The molecule has 0 aliphatic heterocycles. The van der Waals surface area contributed by atoms with Gasteiger partial charge in [0.1, 0.15) is 5.75 Å². The molecule has 0 bridgehead atoms. The van der Waals surface area contributed by atoms with E-state index in [1.807, 2.05) is 0 Å². The summed E-state index contributed by atoms with van der Waals surface area (Å²) < 4.78 is 6.56. The molecule has 0 spiro atoms. The molecule has 2 aromatic carbocycles. The van der Waals surface area contributed by atoms with Crippen LogP contribution in [0.1, 0.15) is 5.56 Å². The van der Waals surface area contributed by atoms with Crippen LogP contribution < -0.4 is 15.6 Å². The highest BCUT2D eigenvalue weighted by Crippen LogP contribution is 2.35. The van der Waals surface area contributed by atoms with E-state index in [1.165, 1.54) is 30.0 Å². The lowest BCUT2D eigenvalue weighted by Gasteiger charge is -2.16. The minimum Gasteiger partial charge on any atom is -0.496 e. The maximum absolute atomic E-state index is 12.3. The Morgan fingerprint density at radius 1 is 1.14 bits per heavy atom. The molecule has 1 aromatic heterocycles. The van der Waals surface area contributed by atoms with E-state index in [0.717, 1.165) is 0 Å². The molecule has 3 aromatic rings. The lowest BCUT2D eigenvalue weighted by Crippen LogP contribution is -2.13. The van der Waals surface area contributed by atoms with E-state index in [9.17, 15) is 14.7 Å². The number of aromatic nitrogens is 1. The second-order valence-electron chi connectivity index (χ2n) is 5.18. The molecule has 0 aliphatic rings. The molecule has 0 aliphatic carbocycles. The minimum absolute atomic E-state index is 0.0718. The Balaban J connectivity index is 2.68. The first-order chi connectivity index (χ1) is 10.5. The minimum atomic E-state index is -0.368. The zero-order valence-electron chi connectivity index (χ0n) is 12.2. The largest absolute Gasteiger partial charge is 0.496 e. The number of ether oxygens (including phenoxy) is 1. The predicted octanol–water partition coefficient (Wildman–Crippen LogP) is 0.968. The Hall–Kier alpha value is -2.60. The van der Waals surface area contributed by atoms with Gasteiger partial charge in [0, 0.05) is 35.0 Å². The van der Waals surface area contributed by atoms with Crippen molar-refractivity contribution < 1.29 is 14.9 Å². The van der Waals surface area contributed by atoms with Gasteiger partial charge in [0.25, 0.3) is 0 Å². The second-order valence-corrected chi connectivity index (χ2v) is 5.18. The van der Waals surface area contributed by atoms with Crippen molar-refractivity contribution in [2.75, 3.05) is 13.7 Å². The topological polar surface area (TPSA) is 88.8 Å². The summed E-state index contributed by atoms with van der Waals surface area (Å²) in [5, 5.41) is 20.9. The maximum Gasteiger partial charge on any atom is 0.203 e. The molecule has 0 saturated carbocycles. The normalized spacial score (nSPS) is 11.4. The van der Waals surface area contributed by atoms with Crippen molar-refractivity contribution in [3.05, 3.63) is 44.3 Å². The number of pyridine rings is 1. The van der Waals surface area contributed by atoms with Crippen molar-refractivity contribution in [3.63, 3.8) is 0 Å². The van der Waals surface area contributed by atoms with Crippen molar-refractivity contribution in [1.82, 2.24) is 4.57 Å². The van der Waals surface area contributed by atoms with Crippen LogP contribution in [0.4, 0.5) is 0 Å². The number of benzene rings is 2. The zero-order chi connectivity index (χ0) is 16.0. The van der Waals surface area contributed by atoms with E-state index in [-0.39, 0.29) is 35.3 Å². The van der Waals surface area contributed by atoms with Crippen LogP contribution >= 0.6 is 0 Å². The van der Waals surface area contributed by atoms with E-state index >= 15 is 0 Å². The van der Waals surface area contributed by atoms with Crippen LogP contribution in [0.3, 0.4) is 0 Å². The molecule has 114 valence electrons. The number of methoxy groups -OCH3 is 1. The fourth-order valence-corrected chi connectivity index (χ4v) is 2.92. The van der Waals surface area contributed by atoms with Gasteiger partial charge in [0.2, 0.25) is 5.88 Å². The summed E-state index contributed by atoms with van der Waals surface area (Å²) >= 11 is 0. The molecule has 6 nitrogen and oxygen atoms in total. The summed E-state index contributed by atoms with van der Waals surface area (Å²) in [4.78, 5) is 24.6. The average molecular weight is 301 g/mol. The third kappa shape index (κ3) is 1.84. The first kappa shape index (κ1) is 14.3. The number of rotatable bonds is 3. The zero-order valence-corrected chi connectivity index (χ0v) is 12.2. The lowest BCUT2D eigenvalue weighted by atomic mass is 9.97. The van der Waals surface area contributed by atoms with Gasteiger partial charge in [0.15, 0.2) is 10.9 Å². The van der Waals surface area contributed by atoms with Crippen LogP contribution in [-0.4, -0.2) is 28.5 Å². The summed E-state index contributed by atoms with van der Waals surface area (Å²) in [5.74, 6) is 0.114. The maximum atomic E-state index is 12.3. The number of aliphatic hydroxyl groups is 1. The van der Waals surface area contributed by atoms with Gasteiger partial charge in [-0.25, -0.2) is 0 Å². The summed E-state index contributed by atoms with van der Waals surface area (Å²) in [5.41, 5.74) is 0.0112. The molecule has 22 heavy (non-hydrogen) atoms. The van der Waals surface area contributed by atoms with E-state index < -0.39 is 0 Å². The van der Waals surface area contributed by atoms with Crippen LogP contribution in [0.5, 0.6) is 11.6 Å².